The molecular weight excluding hydrogens is 685 g/mol. The molecular formula is C38H48N4O9Si. The highest BCUT2D eigenvalue weighted by molar-refractivity contribution is 6.99. The maximum absolute atomic E-state index is 12.9. The van der Waals surface area contributed by atoms with E-state index in [0.29, 0.717) is 30.4 Å². The normalized spacial score (nSPS) is 23.7. The molecule has 278 valence electrons. The van der Waals surface area contributed by atoms with Crippen LogP contribution in [-0.2, 0) is 18.6 Å². The van der Waals surface area contributed by atoms with Crippen molar-refractivity contribution in [2.24, 2.45) is 5.92 Å². The van der Waals surface area contributed by atoms with E-state index < -0.39 is 55.7 Å². The quantitative estimate of drug-likeness (QED) is 0.147. The smallest absolute Gasteiger partial charge is 0.330 e. The summed E-state index contributed by atoms with van der Waals surface area (Å²) in [5.41, 5.74) is -1.29. The largest absolute Gasteiger partial charge is 0.405 e. The summed E-state index contributed by atoms with van der Waals surface area (Å²) in [6.07, 6.45) is 1.17. The van der Waals surface area contributed by atoms with Crippen molar-refractivity contribution in [1.82, 2.24) is 19.1 Å². The van der Waals surface area contributed by atoms with Crippen molar-refractivity contribution in [3.8, 4) is 0 Å². The van der Waals surface area contributed by atoms with Crippen LogP contribution in [0.25, 0.3) is 0 Å². The van der Waals surface area contributed by atoms with Crippen LogP contribution in [0.5, 0.6) is 0 Å². The topological polar surface area (TPSA) is 167 Å². The van der Waals surface area contributed by atoms with E-state index in [1.165, 1.54) is 15.3 Å². The first-order valence-electron chi connectivity index (χ1n) is 17.8. The average molecular weight is 733 g/mol. The summed E-state index contributed by atoms with van der Waals surface area (Å²) in [5, 5.41) is 12.7. The number of ether oxygens (including phenoxy) is 3. The summed E-state index contributed by atoms with van der Waals surface area (Å²) < 4.78 is 28.5. The molecule has 2 aliphatic rings. The molecule has 0 bridgehead atoms. The van der Waals surface area contributed by atoms with Crippen LogP contribution >= 0.6 is 0 Å². The van der Waals surface area contributed by atoms with E-state index in [1.807, 2.05) is 36.4 Å². The number of hydrogen-bond donors (Lipinski definition) is 3. The molecule has 0 aliphatic carbocycles. The summed E-state index contributed by atoms with van der Waals surface area (Å²) in [5.74, 6) is -0.0317. The fourth-order valence-corrected chi connectivity index (χ4v) is 12.1. The number of nitrogens with zero attached hydrogens (tertiary/aromatic N) is 2. The number of aromatic nitrogens is 4. The zero-order valence-corrected chi connectivity index (χ0v) is 31.2. The number of hydrogen-bond acceptors (Lipinski definition) is 9. The molecule has 14 heteroatoms. The van der Waals surface area contributed by atoms with Gasteiger partial charge in [0, 0.05) is 36.5 Å². The molecule has 6 atom stereocenters. The summed E-state index contributed by atoms with van der Waals surface area (Å²) in [7, 11) is -2.89. The molecule has 2 aromatic heterocycles. The molecule has 4 heterocycles. The van der Waals surface area contributed by atoms with Crippen LogP contribution in [0.2, 0.25) is 5.04 Å². The van der Waals surface area contributed by atoms with E-state index in [2.05, 4.69) is 55.0 Å². The Morgan fingerprint density at radius 3 is 1.85 bits per heavy atom. The van der Waals surface area contributed by atoms with Crippen molar-refractivity contribution in [1.29, 1.82) is 0 Å². The van der Waals surface area contributed by atoms with Gasteiger partial charge >= 0.3 is 11.4 Å². The first-order valence-corrected chi connectivity index (χ1v) is 19.7. The molecule has 52 heavy (non-hydrogen) atoms. The number of H-pyrrole nitrogens is 2. The second-order valence-electron chi connectivity index (χ2n) is 14.8. The van der Waals surface area contributed by atoms with Crippen molar-refractivity contribution >= 4 is 18.7 Å². The van der Waals surface area contributed by atoms with E-state index in [1.54, 1.807) is 20.0 Å². The zero-order chi connectivity index (χ0) is 37.2. The van der Waals surface area contributed by atoms with Gasteiger partial charge in [-0.15, -0.1) is 0 Å². The summed E-state index contributed by atoms with van der Waals surface area (Å²) in [6.45, 7) is 10.4. The van der Waals surface area contributed by atoms with Crippen LogP contribution in [0, 0.1) is 19.8 Å². The molecule has 4 aromatic rings. The summed E-state index contributed by atoms with van der Waals surface area (Å²) in [4.78, 5) is 54.0. The second-order valence-corrected chi connectivity index (χ2v) is 19.1. The Labute approximate surface area is 302 Å². The van der Waals surface area contributed by atoms with Crippen molar-refractivity contribution < 1.29 is 23.7 Å². The maximum atomic E-state index is 12.9. The van der Waals surface area contributed by atoms with Gasteiger partial charge in [0.05, 0.1) is 12.7 Å². The molecule has 0 radical (unpaired) electrons. The van der Waals surface area contributed by atoms with E-state index in [4.69, 9.17) is 18.6 Å². The second kappa shape index (κ2) is 15.4. The Hall–Kier alpha value is -4.18. The molecule has 0 saturated carbocycles. The monoisotopic (exact) mass is 732 g/mol. The van der Waals surface area contributed by atoms with Crippen molar-refractivity contribution in [2.45, 2.75) is 96.3 Å². The third kappa shape index (κ3) is 7.63. The molecule has 13 nitrogen and oxygen atoms in total. The lowest BCUT2D eigenvalue weighted by atomic mass is 9.95. The van der Waals surface area contributed by atoms with Crippen molar-refractivity contribution in [2.75, 3.05) is 13.2 Å². The molecule has 0 spiro atoms. The van der Waals surface area contributed by atoms with Gasteiger partial charge in [-0.1, -0.05) is 81.4 Å². The number of nitrogens with one attached hydrogen (secondary N) is 2. The SMILES string of the molecule is Cc1cn([C@H]2C[C@H](O)[C@@H](OCCC[C@H]3C[C@H](n4cc(C)c(=O)[nH]c4=O)O[C@@H]3CO[Si](c3ccccc3)(c3ccccc3)C(C)(C)C)O2)c(=O)[nH]c1=O. The van der Waals surface area contributed by atoms with Gasteiger partial charge in [-0.25, -0.2) is 9.59 Å². The molecule has 2 fully saturated rings. The highest BCUT2D eigenvalue weighted by atomic mass is 28.4. The third-order valence-corrected chi connectivity index (χ3v) is 15.2. The predicted molar refractivity (Wildman–Crippen MR) is 197 cm³/mol. The highest BCUT2D eigenvalue weighted by Crippen LogP contribution is 2.40. The van der Waals surface area contributed by atoms with Crippen LogP contribution in [0.3, 0.4) is 0 Å². The van der Waals surface area contributed by atoms with Crippen LogP contribution in [0.4, 0.5) is 0 Å². The third-order valence-electron chi connectivity index (χ3n) is 10.2. The maximum Gasteiger partial charge on any atom is 0.330 e. The van der Waals surface area contributed by atoms with E-state index in [-0.39, 0.29) is 36.7 Å². The molecule has 2 aromatic carbocycles. The first kappa shape index (κ1) is 37.6. The number of aryl methyl sites for hydroxylation is 2. The molecule has 2 saturated heterocycles. The van der Waals surface area contributed by atoms with Gasteiger partial charge < -0.3 is 23.7 Å². The lowest BCUT2D eigenvalue weighted by molar-refractivity contribution is -0.177. The molecule has 3 N–H and O–H groups in total. The molecule has 6 rings (SSSR count). The summed E-state index contributed by atoms with van der Waals surface area (Å²) >= 11 is 0. The van der Waals surface area contributed by atoms with Gasteiger partial charge in [-0.2, -0.15) is 0 Å². The Kier molecular flexibility index (Phi) is 11.1. The Morgan fingerprint density at radius 1 is 0.808 bits per heavy atom. The zero-order valence-electron chi connectivity index (χ0n) is 30.2. The van der Waals surface area contributed by atoms with Gasteiger partial charge in [-0.05, 0) is 54.4 Å². The number of rotatable bonds is 12. The van der Waals surface area contributed by atoms with E-state index >= 15 is 0 Å². The minimum Gasteiger partial charge on any atom is -0.405 e. The average Bonchev–Trinajstić information content (AvgIpc) is 3.69. The number of aliphatic hydroxyl groups is 1. The van der Waals surface area contributed by atoms with Crippen molar-refractivity contribution in [3.63, 3.8) is 0 Å². The number of benzene rings is 2. The fraction of sp³-hybridized carbons (Fsp3) is 0.474. The Morgan fingerprint density at radius 2 is 1.33 bits per heavy atom. The first-order chi connectivity index (χ1) is 24.8. The van der Waals surface area contributed by atoms with Crippen LogP contribution in [0.15, 0.2) is 92.2 Å². The standard InChI is InChI=1S/C38H48N4O9Si/c1-24-21-41(36(46)39-33(24)44)31-19-26(13-12-18-48-35-29(43)20-32(51-35)42-22-25(2)34(45)40-37(42)47)30(50-31)23-49-52(38(3,4)5,27-14-8-6-9-15-27)28-16-10-7-11-17-28/h6-11,14-17,21-22,26,29-32,35,43H,12-13,18-20,23H2,1-5H3,(H,39,44,46)(H,40,45,47)/t26-,29-,30+,31+,32+,35-/m0/s1. The van der Waals surface area contributed by atoms with Gasteiger partial charge in [0.25, 0.3) is 19.4 Å². The van der Waals surface area contributed by atoms with Gasteiger partial charge in [-0.3, -0.25) is 28.7 Å². The fourth-order valence-electron chi connectivity index (χ4n) is 7.50. The molecule has 2 aliphatic heterocycles. The van der Waals surface area contributed by atoms with Gasteiger partial charge in [0.15, 0.2) is 6.29 Å². The minimum absolute atomic E-state index is 0.0317. The minimum atomic E-state index is -2.89. The number of aliphatic hydroxyl groups excluding tert-OH is 1. The predicted octanol–water partition coefficient (Wildman–Crippen LogP) is 2.59. The summed E-state index contributed by atoms with van der Waals surface area (Å²) in [6, 6.07) is 20.7. The lowest BCUT2D eigenvalue weighted by Crippen LogP contribution is -2.67. The van der Waals surface area contributed by atoms with Gasteiger partial charge in [0.1, 0.15) is 18.6 Å². The number of aromatic amines is 2. The van der Waals surface area contributed by atoms with Crippen LogP contribution in [-0.4, -0.2) is 64.2 Å². The molecule has 0 amide bonds. The highest BCUT2D eigenvalue weighted by Gasteiger charge is 2.51. The van der Waals surface area contributed by atoms with E-state index in [9.17, 15) is 24.3 Å². The van der Waals surface area contributed by atoms with Crippen molar-refractivity contribution in [3.05, 3.63) is 126 Å². The Balaban J connectivity index is 1.20. The van der Waals surface area contributed by atoms with Crippen LogP contribution in [0.1, 0.15) is 70.0 Å². The Bertz CT molecular complexity index is 2030. The van der Waals surface area contributed by atoms with Crippen LogP contribution < -0.4 is 32.9 Å². The lowest BCUT2D eigenvalue weighted by Gasteiger charge is -2.43. The van der Waals surface area contributed by atoms with Gasteiger partial charge in [0.2, 0.25) is 0 Å². The van der Waals surface area contributed by atoms with E-state index in [0.717, 1.165) is 10.4 Å². The molecule has 0 unspecified atom stereocenters.